The first-order chi connectivity index (χ1) is 6.95. The molecule has 0 bridgehead atoms. The Labute approximate surface area is 97.5 Å². The molecule has 0 fully saturated rings. The van der Waals surface area contributed by atoms with Gasteiger partial charge >= 0.3 is 0 Å². The monoisotopic (exact) mass is 216 g/mol. The predicted octanol–water partition coefficient (Wildman–Crippen LogP) is 3.80. The summed E-state index contributed by atoms with van der Waals surface area (Å²) in [5.74, 6) is 0. The van der Waals surface area contributed by atoms with Gasteiger partial charge < -0.3 is 12.3 Å². The van der Waals surface area contributed by atoms with E-state index in [0.29, 0.717) is 0 Å². The Morgan fingerprint density at radius 3 is 1.12 bits per heavy atom. The molecule has 2 rings (SSSR count). The molecule has 0 aromatic heterocycles. The standard InChI is InChI=1S/C14H14.2H3N/c1-3-7-13(8-4-1)11-12-14-9-5-2-6-10-14;;/h1-10H,11-12H2;2*1H3. The van der Waals surface area contributed by atoms with Gasteiger partial charge in [0, 0.05) is 0 Å². The van der Waals surface area contributed by atoms with Gasteiger partial charge in [-0.1, -0.05) is 60.7 Å². The van der Waals surface area contributed by atoms with Crippen molar-refractivity contribution in [2.45, 2.75) is 12.8 Å². The SMILES string of the molecule is N.N.c1ccc(CCc2ccccc2)cc1. The summed E-state index contributed by atoms with van der Waals surface area (Å²) >= 11 is 0. The number of hydrogen-bond acceptors (Lipinski definition) is 2. The second-order valence-corrected chi connectivity index (χ2v) is 3.47. The minimum Gasteiger partial charge on any atom is -0.344 e. The van der Waals surface area contributed by atoms with Crippen LogP contribution in [-0.4, -0.2) is 0 Å². The van der Waals surface area contributed by atoms with Crippen molar-refractivity contribution >= 4 is 0 Å². The van der Waals surface area contributed by atoms with Crippen molar-refractivity contribution in [3.05, 3.63) is 71.8 Å². The molecule has 2 aromatic carbocycles. The molecule has 0 amide bonds. The molecule has 2 heteroatoms. The first-order valence-corrected chi connectivity index (χ1v) is 5.03. The van der Waals surface area contributed by atoms with Gasteiger partial charge in [0.15, 0.2) is 0 Å². The molecule has 0 aliphatic rings. The Hall–Kier alpha value is -1.64. The fraction of sp³-hybridized carbons (Fsp3) is 0.143. The third-order valence-electron chi connectivity index (χ3n) is 2.39. The zero-order valence-corrected chi connectivity index (χ0v) is 9.60. The molecule has 2 aromatic rings. The van der Waals surface area contributed by atoms with Crippen molar-refractivity contribution in [2.75, 3.05) is 0 Å². The highest BCUT2D eigenvalue weighted by atomic mass is 14.0. The highest BCUT2D eigenvalue weighted by Crippen LogP contribution is 2.06. The largest absolute Gasteiger partial charge is 0.344 e. The van der Waals surface area contributed by atoms with E-state index in [1.165, 1.54) is 11.1 Å². The van der Waals surface area contributed by atoms with E-state index in [0.717, 1.165) is 12.8 Å². The van der Waals surface area contributed by atoms with Crippen LogP contribution < -0.4 is 12.3 Å². The van der Waals surface area contributed by atoms with Crippen molar-refractivity contribution in [3.8, 4) is 0 Å². The highest BCUT2D eigenvalue weighted by Gasteiger charge is 1.93. The van der Waals surface area contributed by atoms with Crippen molar-refractivity contribution in [1.29, 1.82) is 0 Å². The van der Waals surface area contributed by atoms with Crippen molar-refractivity contribution in [1.82, 2.24) is 12.3 Å². The smallest absolute Gasteiger partial charge is 0.0238 e. The van der Waals surface area contributed by atoms with Gasteiger partial charge in [0.05, 0.1) is 0 Å². The zero-order valence-electron chi connectivity index (χ0n) is 9.60. The number of aryl methyl sites for hydroxylation is 2. The fourth-order valence-corrected chi connectivity index (χ4v) is 1.58. The van der Waals surface area contributed by atoms with Crippen LogP contribution in [0.3, 0.4) is 0 Å². The summed E-state index contributed by atoms with van der Waals surface area (Å²) in [6.45, 7) is 0. The third kappa shape index (κ3) is 4.26. The normalized spacial score (nSPS) is 8.75. The van der Waals surface area contributed by atoms with Gasteiger partial charge in [-0.15, -0.1) is 0 Å². The number of rotatable bonds is 3. The van der Waals surface area contributed by atoms with E-state index in [9.17, 15) is 0 Å². The topological polar surface area (TPSA) is 70.0 Å². The summed E-state index contributed by atoms with van der Waals surface area (Å²) in [6, 6.07) is 21.2. The molecule has 0 atom stereocenters. The predicted molar refractivity (Wildman–Crippen MR) is 70.3 cm³/mol. The van der Waals surface area contributed by atoms with Crippen LogP contribution in [0.25, 0.3) is 0 Å². The lowest BCUT2D eigenvalue weighted by Gasteiger charge is -2.01. The quantitative estimate of drug-likeness (QED) is 0.819. The Kier molecular flexibility index (Phi) is 6.84. The summed E-state index contributed by atoms with van der Waals surface area (Å²) in [4.78, 5) is 0. The summed E-state index contributed by atoms with van der Waals surface area (Å²) in [5, 5.41) is 0. The van der Waals surface area contributed by atoms with Crippen molar-refractivity contribution in [2.24, 2.45) is 0 Å². The molecule has 0 saturated carbocycles. The third-order valence-corrected chi connectivity index (χ3v) is 2.39. The average Bonchev–Trinajstić information content (AvgIpc) is 2.29. The van der Waals surface area contributed by atoms with E-state index in [1.807, 2.05) is 0 Å². The lowest BCUT2D eigenvalue weighted by molar-refractivity contribution is 0.960. The maximum atomic E-state index is 2.18. The molecule has 16 heavy (non-hydrogen) atoms. The van der Waals surface area contributed by atoms with Gasteiger partial charge in [-0.25, -0.2) is 0 Å². The molecule has 0 unspecified atom stereocenters. The van der Waals surface area contributed by atoms with Crippen LogP contribution in [0.4, 0.5) is 0 Å². The molecular weight excluding hydrogens is 196 g/mol. The highest BCUT2D eigenvalue weighted by molar-refractivity contribution is 5.19. The van der Waals surface area contributed by atoms with E-state index in [2.05, 4.69) is 60.7 Å². The summed E-state index contributed by atoms with van der Waals surface area (Å²) < 4.78 is 0. The van der Waals surface area contributed by atoms with Crippen LogP contribution in [0.5, 0.6) is 0 Å². The first kappa shape index (κ1) is 14.4. The summed E-state index contributed by atoms with van der Waals surface area (Å²) in [5.41, 5.74) is 2.83. The molecule has 0 spiro atoms. The van der Waals surface area contributed by atoms with E-state index in [4.69, 9.17) is 0 Å². The van der Waals surface area contributed by atoms with Gasteiger partial charge in [0.25, 0.3) is 0 Å². The van der Waals surface area contributed by atoms with E-state index in [-0.39, 0.29) is 12.3 Å². The Bertz CT molecular complexity index is 331. The van der Waals surface area contributed by atoms with E-state index < -0.39 is 0 Å². The maximum absolute atomic E-state index is 2.18. The Morgan fingerprint density at radius 1 is 0.500 bits per heavy atom. The van der Waals surface area contributed by atoms with Gasteiger partial charge in [0.2, 0.25) is 0 Å². The van der Waals surface area contributed by atoms with E-state index >= 15 is 0 Å². The Morgan fingerprint density at radius 2 is 0.812 bits per heavy atom. The Balaban J connectivity index is 0.00000112. The fourth-order valence-electron chi connectivity index (χ4n) is 1.58. The van der Waals surface area contributed by atoms with Crippen LogP contribution in [0.1, 0.15) is 11.1 Å². The van der Waals surface area contributed by atoms with Gasteiger partial charge in [-0.05, 0) is 24.0 Å². The van der Waals surface area contributed by atoms with Gasteiger partial charge in [0.1, 0.15) is 0 Å². The molecular formula is C14H20N2. The van der Waals surface area contributed by atoms with Gasteiger partial charge in [-0.2, -0.15) is 0 Å². The summed E-state index contributed by atoms with van der Waals surface area (Å²) in [7, 11) is 0. The minimum atomic E-state index is 0. The molecule has 6 N–H and O–H groups in total. The lowest BCUT2D eigenvalue weighted by atomic mass is 10.0. The number of hydrogen-bond donors (Lipinski definition) is 2. The maximum Gasteiger partial charge on any atom is -0.0238 e. The van der Waals surface area contributed by atoms with Crippen LogP contribution in [0.2, 0.25) is 0 Å². The van der Waals surface area contributed by atoms with Gasteiger partial charge in [-0.3, -0.25) is 0 Å². The van der Waals surface area contributed by atoms with Crippen molar-refractivity contribution < 1.29 is 0 Å². The van der Waals surface area contributed by atoms with Crippen LogP contribution in [0.15, 0.2) is 60.7 Å². The second kappa shape index (κ2) is 7.63. The molecule has 0 saturated heterocycles. The summed E-state index contributed by atoms with van der Waals surface area (Å²) in [6.07, 6.45) is 2.26. The first-order valence-electron chi connectivity index (χ1n) is 5.03. The van der Waals surface area contributed by atoms with Crippen LogP contribution in [0, 0.1) is 0 Å². The van der Waals surface area contributed by atoms with Crippen LogP contribution in [-0.2, 0) is 12.8 Å². The lowest BCUT2D eigenvalue weighted by Crippen LogP contribution is -1.89. The molecule has 0 radical (unpaired) electrons. The molecule has 0 heterocycles. The average molecular weight is 216 g/mol. The molecule has 2 nitrogen and oxygen atoms in total. The minimum absolute atomic E-state index is 0. The molecule has 86 valence electrons. The second-order valence-electron chi connectivity index (χ2n) is 3.47. The zero-order chi connectivity index (χ0) is 9.64. The van der Waals surface area contributed by atoms with E-state index in [1.54, 1.807) is 0 Å². The number of benzene rings is 2. The van der Waals surface area contributed by atoms with Crippen molar-refractivity contribution in [3.63, 3.8) is 0 Å². The molecule has 0 aliphatic carbocycles. The van der Waals surface area contributed by atoms with Crippen LogP contribution >= 0.6 is 0 Å². The molecule has 0 aliphatic heterocycles.